The minimum Gasteiger partial charge on any atom is -0.337 e. The summed E-state index contributed by atoms with van der Waals surface area (Å²) < 4.78 is 0. The number of thioether (sulfide) groups is 1. The van der Waals surface area contributed by atoms with Gasteiger partial charge in [-0.3, -0.25) is 4.79 Å². The molecule has 0 unspecified atom stereocenters. The zero-order chi connectivity index (χ0) is 13.8. The first-order valence-electron chi connectivity index (χ1n) is 6.71. The average Bonchev–Trinajstić information content (AvgIpc) is 2.53. The van der Waals surface area contributed by atoms with E-state index >= 15 is 0 Å². The quantitative estimate of drug-likeness (QED) is 0.813. The molecule has 20 heavy (non-hydrogen) atoms. The number of carbonyl (C=O) groups excluding carboxylic acids is 1. The minimum atomic E-state index is 0.190. The SMILES string of the molecule is O=C(CSc1ccccn1)N1CCc2ccccc2C1. The van der Waals surface area contributed by atoms with Crippen LogP contribution < -0.4 is 0 Å². The largest absolute Gasteiger partial charge is 0.337 e. The Morgan fingerprint density at radius 1 is 1.15 bits per heavy atom. The van der Waals surface area contributed by atoms with Gasteiger partial charge < -0.3 is 4.90 Å². The number of hydrogen-bond donors (Lipinski definition) is 0. The Morgan fingerprint density at radius 3 is 2.75 bits per heavy atom. The van der Waals surface area contributed by atoms with E-state index in [2.05, 4.69) is 23.2 Å². The summed E-state index contributed by atoms with van der Waals surface area (Å²) in [4.78, 5) is 18.4. The third kappa shape index (κ3) is 3.02. The average molecular weight is 284 g/mol. The number of carbonyl (C=O) groups is 1. The van der Waals surface area contributed by atoms with Gasteiger partial charge >= 0.3 is 0 Å². The first-order chi connectivity index (χ1) is 9.83. The highest BCUT2D eigenvalue weighted by atomic mass is 32.2. The molecule has 1 aliphatic rings. The Hall–Kier alpha value is -1.81. The Kier molecular flexibility index (Phi) is 4.02. The van der Waals surface area contributed by atoms with Crippen molar-refractivity contribution in [1.82, 2.24) is 9.88 Å². The van der Waals surface area contributed by atoms with Gasteiger partial charge in [-0.1, -0.05) is 42.1 Å². The molecule has 4 heteroatoms. The van der Waals surface area contributed by atoms with Crippen LogP contribution in [0.25, 0.3) is 0 Å². The molecule has 1 aliphatic heterocycles. The number of hydrogen-bond acceptors (Lipinski definition) is 3. The third-order valence-electron chi connectivity index (χ3n) is 3.46. The van der Waals surface area contributed by atoms with Crippen molar-refractivity contribution in [3.8, 4) is 0 Å². The molecular weight excluding hydrogens is 268 g/mol. The maximum Gasteiger partial charge on any atom is 0.233 e. The summed E-state index contributed by atoms with van der Waals surface area (Å²) in [6.45, 7) is 1.55. The number of aromatic nitrogens is 1. The summed E-state index contributed by atoms with van der Waals surface area (Å²) in [7, 11) is 0. The Balaban J connectivity index is 1.59. The number of nitrogens with zero attached hydrogens (tertiary/aromatic N) is 2. The zero-order valence-electron chi connectivity index (χ0n) is 11.2. The van der Waals surface area contributed by atoms with E-state index in [1.807, 2.05) is 29.2 Å². The highest BCUT2D eigenvalue weighted by Gasteiger charge is 2.20. The molecular formula is C16H16N2OS. The van der Waals surface area contributed by atoms with E-state index in [-0.39, 0.29) is 5.91 Å². The molecule has 2 aromatic rings. The van der Waals surface area contributed by atoms with Gasteiger partial charge in [0.05, 0.1) is 10.8 Å². The van der Waals surface area contributed by atoms with Gasteiger partial charge in [0.25, 0.3) is 0 Å². The number of benzene rings is 1. The van der Waals surface area contributed by atoms with Crippen molar-refractivity contribution in [2.75, 3.05) is 12.3 Å². The van der Waals surface area contributed by atoms with E-state index < -0.39 is 0 Å². The molecule has 1 amide bonds. The van der Waals surface area contributed by atoms with Crippen molar-refractivity contribution in [2.45, 2.75) is 18.0 Å². The van der Waals surface area contributed by atoms with Gasteiger partial charge in [0, 0.05) is 19.3 Å². The van der Waals surface area contributed by atoms with Crippen molar-refractivity contribution in [1.29, 1.82) is 0 Å². The molecule has 0 radical (unpaired) electrons. The molecule has 0 saturated carbocycles. The monoisotopic (exact) mass is 284 g/mol. The summed E-state index contributed by atoms with van der Waals surface area (Å²) in [5.41, 5.74) is 2.64. The van der Waals surface area contributed by atoms with Crippen LogP contribution in [0.5, 0.6) is 0 Å². The molecule has 0 fully saturated rings. The molecule has 2 heterocycles. The smallest absolute Gasteiger partial charge is 0.233 e. The zero-order valence-corrected chi connectivity index (χ0v) is 12.0. The second-order valence-electron chi connectivity index (χ2n) is 4.79. The van der Waals surface area contributed by atoms with E-state index in [1.165, 1.54) is 22.9 Å². The predicted molar refractivity (Wildman–Crippen MR) is 80.5 cm³/mol. The van der Waals surface area contributed by atoms with E-state index in [9.17, 15) is 4.79 Å². The molecule has 0 atom stereocenters. The highest BCUT2D eigenvalue weighted by Crippen LogP contribution is 2.20. The summed E-state index contributed by atoms with van der Waals surface area (Å²) in [6, 6.07) is 14.1. The fourth-order valence-corrected chi connectivity index (χ4v) is 3.13. The lowest BCUT2D eigenvalue weighted by atomic mass is 10.00. The van der Waals surface area contributed by atoms with Gasteiger partial charge in [0.15, 0.2) is 0 Å². The molecule has 0 aliphatic carbocycles. The van der Waals surface area contributed by atoms with Gasteiger partial charge in [-0.05, 0) is 29.7 Å². The fourth-order valence-electron chi connectivity index (χ4n) is 2.37. The lowest BCUT2D eigenvalue weighted by molar-refractivity contribution is -0.129. The van der Waals surface area contributed by atoms with Crippen LogP contribution in [-0.4, -0.2) is 28.1 Å². The van der Waals surface area contributed by atoms with E-state index in [0.29, 0.717) is 5.75 Å². The van der Waals surface area contributed by atoms with Crippen LogP contribution in [0.4, 0.5) is 0 Å². The molecule has 0 saturated heterocycles. The van der Waals surface area contributed by atoms with E-state index in [0.717, 1.165) is 24.5 Å². The summed E-state index contributed by atoms with van der Waals surface area (Å²) in [5, 5.41) is 0.901. The topological polar surface area (TPSA) is 33.2 Å². The first kappa shape index (κ1) is 13.2. The van der Waals surface area contributed by atoms with E-state index in [1.54, 1.807) is 6.20 Å². The summed E-state index contributed by atoms with van der Waals surface area (Å²) >= 11 is 1.50. The van der Waals surface area contributed by atoms with Crippen LogP contribution in [0.3, 0.4) is 0 Å². The summed E-state index contributed by atoms with van der Waals surface area (Å²) in [5.74, 6) is 0.647. The van der Waals surface area contributed by atoms with Crippen LogP contribution in [0, 0.1) is 0 Å². The maximum atomic E-state index is 12.3. The molecule has 0 bridgehead atoms. The molecule has 0 N–H and O–H groups in total. The maximum absolute atomic E-state index is 12.3. The van der Waals surface area contributed by atoms with Gasteiger partial charge in [0.2, 0.25) is 5.91 Å². The lowest BCUT2D eigenvalue weighted by Gasteiger charge is -2.28. The van der Waals surface area contributed by atoms with Crippen LogP contribution in [0.1, 0.15) is 11.1 Å². The molecule has 1 aromatic carbocycles. The predicted octanol–water partition coefficient (Wildman–Crippen LogP) is 2.76. The van der Waals surface area contributed by atoms with Gasteiger partial charge in [0.1, 0.15) is 0 Å². The van der Waals surface area contributed by atoms with Crippen molar-refractivity contribution in [3.05, 3.63) is 59.8 Å². The van der Waals surface area contributed by atoms with Crippen molar-refractivity contribution in [2.24, 2.45) is 0 Å². The standard InChI is InChI=1S/C16H16N2OS/c19-16(12-20-15-7-3-4-9-17-15)18-10-8-13-5-1-2-6-14(13)11-18/h1-7,9H,8,10-12H2. The fraction of sp³-hybridized carbons (Fsp3) is 0.250. The van der Waals surface area contributed by atoms with Crippen molar-refractivity contribution >= 4 is 17.7 Å². The van der Waals surface area contributed by atoms with Crippen LogP contribution in [0.2, 0.25) is 0 Å². The molecule has 0 spiro atoms. The Morgan fingerprint density at radius 2 is 1.95 bits per heavy atom. The number of pyridine rings is 1. The number of rotatable bonds is 3. The third-order valence-corrected chi connectivity index (χ3v) is 4.39. The number of amides is 1. The molecule has 3 nitrogen and oxygen atoms in total. The first-order valence-corrected chi connectivity index (χ1v) is 7.70. The molecule has 102 valence electrons. The Labute approximate surface area is 123 Å². The van der Waals surface area contributed by atoms with E-state index in [4.69, 9.17) is 0 Å². The van der Waals surface area contributed by atoms with Crippen LogP contribution >= 0.6 is 11.8 Å². The normalized spacial score (nSPS) is 13.9. The molecule has 3 rings (SSSR count). The van der Waals surface area contributed by atoms with Crippen molar-refractivity contribution in [3.63, 3.8) is 0 Å². The van der Waals surface area contributed by atoms with Gasteiger partial charge in [-0.2, -0.15) is 0 Å². The highest BCUT2D eigenvalue weighted by molar-refractivity contribution is 7.99. The second-order valence-corrected chi connectivity index (χ2v) is 5.79. The van der Waals surface area contributed by atoms with Gasteiger partial charge in [-0.15, -0.1) is 0 Å². The number of fused-ring (bicyclic) bond motifs is 1. The summed E-state index contributed by atoms with van der Waals surface area (Å²) in [6.07, 6.45) is 2.71. The van der Waals surface area contributed by atoms with Crippen LogP contribution in [0.15, 0.2) is 53.7 Å². The second kappa shape index (κ2) is 6.09. The van der Waals surface area contributed by atoms with Gasteiger partial charge in [-0.25, -0.2) is 4.98 Å². The lowest BCUT2D eigenvalue weighted by Crippen LogP contribution is -2.37. The Bertz CT molecular complexity index is 600. The van der Waals surface area contributed by atoms with Crippen molar-refractivity contribution < 1.29 is 4.79 Å². The van der Waals surface area contributed by atoms with Crippen LogP contribution in [-0.2, 0) is 17.8 Å². The molecule has 1 aromatic heterocycles. The minimum absolute atomic E-state index is 0.190.